The molecule has 1 saturated heterocycles. The summed E-state index contributed by atoms with van der Waals surface area (Å²) < 4.78 is 0. The molecule has 1 atom stereocenters. The second kappa shape index (κ2) is 7.34. The molecule has 0 saturated carbocycles. The standard InChI is InChI=1S/C21H20ClN3O/c22-17-9-4-8-16(13-17)19-14-20(24-23-19)21(26)25-11-5-10-18(25)12-15-6-2-1-3-7-15/h1-4,6-9,13-14,18H,5,10-12H2,(H,23,24). The van der Waals surface area contributed by atoms with E-state index in [4.69, 9.17) is 11.6 Å². The molecule has 1 unspecified atom stereocenters. The number of amides is 1. The minimum atomic E-state index is 0.0178. The Morgan fingerprint density at radius 1 is 1.15 bits per heavy atom. The Labute approximate surface area is 157 Å². The first kappa shape index (κ1) is 16.9. The van der Waals surface area contributed by atoms with Crippen LogP contribution in [0.3, 0.4) is 0 Å². The number of H-pyrrole nitrogens is 1. The third-order valence-electron chi connectivity index (χ3n) is 4.88. The fraction of sp³-hybridized carbons (Fsp3) is 0.238. The van der Waals surface area contributed by atoms with Crippen molar-refractivity contribution in [2.45, 2.75) is 25.3 Å². The highest BCUT2D eigenvalue weighted by molar-refractivity contribution is 6.30. The van der Waals surface area contributed by atoms with E-state index in [1.165, 1.54) is 5.56 Å². The summed E-state index contributed by atoms with van der Waals surface area (Å²) in [5.74, 6) is 0.0178. The van der Waals surface area contributed by atoms with E-state index in [0.29, 0.717) is 10.7 Å². The molecule has 0 aliphatic carbocycles. The number of hydrogen-bond donors (Lipinski definition) is 1. The number of halogens is 1. The SMILES string of the molecule is O=C(c1cc(-c2cccc(Cl)c2)n[nH]1)N1CCCC1Cc1ccccc1. The molecule has 4 rings (SSSR count). The number of benzene rings is 2. The molecule has 5 heteroatoms. The summed E-state index contributed by atoms with van der Waals surface area (Å²) in [5.41, 5.74) is 3.42. The van der Waals surface area contributed by atoms with Crippen molar-refractivity contribution in [3.8, 4) is 11.3 Å². The van der Waals surface area contributed by atoms with Crippen LogP contribution in [0.1, 0.15) is 28.9 Å². The number of nitrogens with zero attached hydrogens (tertiary/aromatic N) is 2. The fourth-order valence-corrected chi connectivity index (χ4v) is 3.77. The van der Waals surface area contributed by atoms with Crippen LogP contribution in [0.15, 0.2) is 60.7 Å². The van der Waals surface area contributed by atoms with Gasteiger partial charge in [0, 0.05) is 23.2 Å². The first-order chi connectivity index (χ1) is 12.7. The van der Waals surface area contributed by atoms with E-state index in [0.717, 1.165) is 37.1 Å². The van der Waals surface area contributed by atoms with Crippen molar-refractivity contribution >= 4 is 17.5 Å². The maximum absolute atomic E-state index is 13.0. The zero-order chi connectivity index (χ0) is 17.9. The average Bonchev–Trinajstić information content (AvgIpc) is 3.32. The Morgan fingerprint density at radius 3 is 2.81 bits per heavy atom. The third kappa shape index (κ3) is 3.51. The van der Waals surface area contributed by atoms with Gasteiger partial charge in [0.25, 0.3) is 5.91 Å². The van der Waals surface area contributed by atoms with Gasteiger partial charge in [-0.2, -0.15) is 5.10 Å². The van der Waals surface area contributed by atoms with Gasteiger partial charge in [-0.25, -0.2) is 0 Å². The van der Waals surface area contributed by atoms with Crippen LogP contribution >= 0.6 is 11.6 Å². The molecule has 2 aromatic carbocycles. The molecule has 1 aliphatic heterocycles. The molecule has 4 nitrogen and oxygen atoms in total. The maximum Gasteiger partial charge on any atom is 0.272 e. The van der Waals surface area contributed by atoms with Gasteiger partial charge >= 0.3 is 0 Å². The molecule has 1 aromatic heterocycles. The van der Waals surface area contributed by atoms with E-state index in [9.17, 15) is 4.79 Å². The summed E-state index contributed by atoms with van der Waals surface area (Å²) in [7, 11) is 0. The van der Waals surface area contributed by atoms with E-state index < -0.39 is 0 Å². The largest absolute Gasteiger partial charge is 0.334 e. The Balaban J connectivity index is 1.52. The molecule has 0 radical (unpaired) electrons. The number of likely N-dealkylation sites (tertiary alicyclic amines) is 1. The van der Waals surface area contributed by atoms with Gasteiger partial charge in [-0.05, 0) is 43.0 Å². The van der Waals surface area contributed by atoms with E-state index >= 15 is 0 Å². The first-order valence-corrected chi connectivity index (χ1v) is 9.25. The number of carbonyl (C=O) groups excluding carboxylic acids is 1. The molecule has 3 aromatic rings. The van der Waals surface area contributed by atoms with Crippen LogP contribution in [0.5, 0.6) is 0 Å². The molecule has 1 aliphatic rings. The van der Waals surface area contributed by atoms with Gasteiger partial charge in [-0.1, -0.05) is 54.1 Å². The van der Waals surface area contributed by atoms with Gasteiger partial charge in [-0.3, -0.25) is 9.89 Å². The van der Waals surface area contributed by atoms with Crippen LogP contribution in [-0.4, -0.2) is 33.6 Å². The smallest absolute Gasteiger partial charge is 0.272 e. The lowest BCUT2D eigenvalue weighted by atomic mass is 10.0. The highest BCUT2D eigenvalue weighted by Crippen LogP contribution is 2.25. The van der Waals surface area contributed by atoms with Crippen molar-refractivity contribution in [1.29, 1.82) is 0 Å². The number of hydrogen-bond acceptors (Lipinski definition) is 2. The molecule has 132 valence electrons. The van der Waals surface area contributed by atoms with E-state index in [2.05, 4.69) is 22.3 Å². The third-order valence-corrected chi connectivity index (χ3v) is 5.12. The molecule has 1 amide bonds. The Kier molecular flexibility index (Phi) is 4.76. The zero-order valence-electron chi connectivity index (χ0n) is 14.4. The predicted octanol–water partition coefficient (Wildman–Crippen LogP) is 4.58. The summed E-state index contributed by atoms with van der Waals surface area (Å²) in [6.45, 7) is 0.794. The Hall–Kier alpha value is -2.59. The second-order valence-electron chi connectivity index (χ2n) is 6.66. The van der Waals surface area contributed by atoms with E-state index in [1.54, 1.807) is 0 Å². The number of aromatic nitrogens is 2. The van der Waals surface area contributed by atoms with Crippen molar-refractivity contribution in [3.05, 3.63) is 76.9 Å². The van der Waals surface area contributed by atoms with Crippen LogP contribution in [0.4, 0.5) is 0 Å². The van der Waals surface area contributed by atoms with Gasteiger partial charge < -0.3 is 4.90 Å². The normalized spacial score (nSPS) is 16.8. The molecular formula is C21H20ClN3O. The van der Waals surface area contributed by atoms with Crippen molar-refractivity contribution in [2.24, 2.45) is 0 Å². The lowest BCUT2D eigenvalue weighted by molar-refractivity contribution is 0.0730. The van der Waals surface area contributed by atoms with E-state index in [-0.39, 0.29) is 11.9 Å². The molecule has 1 N–H and O–H groups in total. The molecule has 2 heterocycles. The monoisotopic (exact) mass is 365 g/mol. The quantitative estimate of drug-likeness (QED) is 0.735. The van der Waals surface area contributed by atoms with Crippen molar-refractivity contribution in [3.63, 3.8) is 0 Å². The van der Waals surface area contributed by atoms with Gasteiger partial charge in [0.05, 0.1) is 5.69 Å². The first-order valence-electron chi connectivity index (χ1n) is 8.87. The Bertz CT molecular complexity index is 906. The Morgan fingerprint density at radius 2 is 2.00 bits per heavy atom. The van der Waals surface area contributed by atoms with Crippen LogP contribution in [0.25, 0.3) is 11.3 Å². The van der Waals surface area contributed by atoms with Crippen molar-refractivity contribution < 1.29 is 4.79 Å². The molecule has 0 spiro atoms. The van der Waals surface area contributed by atoms with Crippen LogP contribution < -0.4 is 0 Å². The second-order valence-corrected chi connectivity index (χ2v) is 7.10. The number of rotatable bonds is 4. The average molecular weight is 366 g/mol. The van der Waals surface area contributed by atoms with Gasteiger partial charge in [0.1, 0.15) is 5.69 Å². The fourth-order valence-electron chi connectivity index (χ4n) is 3.58. The lowest BCUT2D eigenvalue weighted by Crippen LogP contribution is -2.37. The van der Waals surface area contributed by atoms with E-state index in [1.807, 2.05) is 53.4 Å². The van der Waals surface area contributed by atoms with Crippen LogP contribution in [0.2, 0.25) is 5.02 Å². The van der Waals surface area contributed by atoms with Crippen molar-refractivity contribution in [1.82, 2.24) is 15.1 Å². The topological polar surface area (TPSA) is 49.0 Å². The molecule has 26 heavy (non-hydrogen) atoms. The molecule has 1 fully saturated rings. The van der Waals surface area contributed by atoms with Gasteiger partial charge in [0.15, 0.2) is 0 Å². The minimum Gasteiger partial charge on any atom is -0.334 e. The number of carbonyl (C=O) groups is 1. The number of aromatic amines is 1. The summed E-state index contributed by atoms with van der Waals surface area (Å²) in [6.07, 6.45) is 2.97. The molecular weight excluding hydrogens is 346 g/mol. The molecule has 0 bridgehead atoms. The highest BCUT2D eigenvalue weighted by Gasteiger charge is 2.30. The summed E-state index contributed by atoms with van der Waals surface area (Å²) >= 11 is 6.05. The zero-order valence-corrected chi connectivity index (χ0v) is 15.1. The summed E-state index contributed by atoms with van der Waals surface area (Å²) in [5, 5.41) is 7.85. The van der Waals surface area contributed by atoms with Crippen LogP contribution in [-0.2, 0) is 6.42 Å². The lowest BCUT2D eigenvalue weighted by Gasteiger charge is -2.24. The van der Waals surface area contributed by atoms with Gasteiger partial charge in [-0.15, -0.1) is 0 Å². The predicted molar refractivity (Wildman–Crippen MR) is 103 cm³/mol. The van der Waals surface area contributed by atoms with Gasteiger partial charge in [0.2, 0.25) is 0 Å². The highest BCUT2D eigenvalue weighted by atomic mass is 35.5. The summed E-state index contributed by atoms with van der Waals surface area (Å²) in [4.78, 5) is 15.0. The van der Waals surface area contributed by atoms with Crippen LogP contribution in [0, 0.1) is 0 Å². The van der Waals surface area contributed by atoms with Crippen molar-refractivity contribution in [2.75, 3.05) is 6.54 Å². The number of nitrogens with one attached hydrogen (secondary N) is 1. The maximum atomic E-state index is 13.0. The summed E-state index contributed by atoms with van der Waals surface area (Å²) in [6, 6.07) is 19.9. The minimum absolute atomic E-state index is 0.0178.